The molecule has 6 nitrogen and oxygen atoms in total. The molecule has 0 amide bonds. The van der Waals surface area contributed by atoms with Crippen LogP contribution >= 0.6 is 11.6 Å². The predicted molar refractivity (Wildman–Crippen MR) is 136 cm³/mol. The first-order chi connectivity index (χ1) is 16.9. The van der Waals surface area contributed by atoms with Crippen molar-refractivity contribution in [2.45, 2.75) is 12.3 Å². The van der Waals surface area contributed by atoms with Crippen LogP contribution in [0, 0.1) is 5.82 Å². The maximum Gasteiger partial charge on any atom is 0.216 e. The summed E-state index contributed by atoms with van der Waals surface area (Å²) in [6, 6.07) is 18.7. The second kappa shape index (κ2) is 12.0. The van der Waals surface area contributed by atoms with Crippen LogP contribution in [-0.4, -0.2) is 52.8 Å². The fraction of sp³-hybridized carbons (Fsp3) is 0.308. The van der Waals surface area contributed by atoms with Gasteiger partial charge in [0.2, 0.25) is 10.0 Å². The molecule has 1 N–H and O–H groups in total. The summed E-state index contributed by atoms with van der Waals surface area (Å²) in [5.74, 6) is -0.0860. The molecule has 1 aliphatic heterocycles. The van der Waals surface area contributed by atoms with Crippen molar-refractivity contribution in [1.29, 1.82) is 0 Å². The molecular formula is C26H28ClFN2O4S. The van der Waals surface area contributed by atoms with E-state index in [1.165, 1.54) is 6.07 Å². The van der Waals surface area contributed by atoms with Gasteiger partial charge in [0.15, 0.2) is 0 Å². The highest BCUT2D eigenvalue weighted by molar-refractivity contribution is 7.88. The molecular weight excluding hydrogens is 491 g/mol. The third-order valence-corrected chi connectivity index (χ3v) is 7.26. The molecule has 0 spiro atoms. The standard InChI is InChI=1S/C26H28ClFN2O4S/c27-23-3-1-2-21(16-23)18-29-35(31,32)19-20-4-6-22(7-5-20)25-9-8-24(17-26(25)28)34-15-12-30-10-13-33-14-11-30/h1-9,16-17,29H,10-15,18-19H2. The van der Waals surface area contributed by atoms with Gasteiger partial charge < -0.3 is 9.47 Å². The quantitative estimate of drug-likeness (QED) is 0.429. The number of hydrogen-bond acceptors (Lipinski definition) is 5. The Morgan fingerprint density at radius 3 is 2.49 bits per heavy atom. The van der Waals surface area contributed by atoms with Crippen LogP contribution in [0.4, 0.5) is 4.39 Å². The zero-order valence-electron chi connectivity index (χ0n) is 19.3. The van der Waals surface area contributed by atoms with E-state index >= 15 is 0 Å². The summed E-state index contributed by atoms with van der Waals surface area (Å²) >= 11 is 5.94. The van der Waals surface area contributed by atoms with Crippen LogP contribution in [0.5, 0.6) is 5.75 Å². The first-order valence-corrected chi connectivity index (χ1v) is 13.4. The third-order valence-electron chi connectivity index (χ3n) is 5.73. The van der Waals surface area contributed by atoms with Crippen LogP contribution < -0.4 is 9.46 Å². The molecule has 9 heteroatoms. The largest absolute Gasteiger partial charge is 0.492 e. The maximum atomic E-state index is 14.8. The van der Waals surface area contributed by atoms with E-state index in [9.17, 15) is 12.8 Å². The average molecular weight is 519 g/mol. The molecule has 1 heterocycles. The molecule has 0 bridgehead atoms. The van der Waals surface area contributed by atoms with Crippen molar-refractivity contribution in [2.75, 3.05) is 39.5 Å². The van der Waals surface area contributed by atoms with Crippen LogP contribution in [0.15, 0.2) is 66.7 Å². The van der Waals surface area contributed by atoms with Crippen molar-refractivity contribution >= 4 is 21.6 Å². The van der Waals surface area contributed by atoms with Gasteiger partial charge in [-0.15, -0.1) is 0 Å². The Bertz CT molecular complexity index is 1230. The Morgan fingerprint density at radius 2 is 1.77 bits per heavy atom. The molecule has 0 atom stereocenters. The van der Waals surface area contributed by atoms with Gasteiger partial charge in [-0.05, 0) is 41.0 Å². The van der Waals surface area contributed by atoms with E-state index in [4.69, 9.17) is 21.1 Å². The number of rotatable bonds is 10. The summed E-state index contributed by atoms with van der Waals surface area (Å²) in [5.41, 5.74) is 2.48. The molecule has 0 saturated carbocycles. The minimum Gasteiger partial charge on any atom is -0.492 e. The lowest BCUT2D eigenvalue weighted by Gasteiger charge is -2.26. The minimum absolute atomic E-state index is 0.160. The van der Waals surface area contributed by atoms with Crippen LogP contribution in [-0.2, 0) is 27.1 Å². The minimum atomic E-state index is -3.55. The van der Waals surface area contributed by atoms with E-state index in [0.29, 0.717) is 34.1 Å². The Balaban J connectivity index is 1.31. The number of sulfonamides is 1. The molecule has 4 rings (SSSR count). The number of benzene rings is 3. The normalized spacial score (nSPS) is 14.7. The van der Waals surface area contributed by atoms with Crippen LogP contribution in [0.3, 0.4) is 0 Å². The van der Waals surface area contributed by atoms with Crippen molar-refractivity contribution in [3.63, 3.8) is 0 Å². The fourth-order valence-corrected chi connectivity index (χ4v) is 5.16. The first-order valence-electron chi connectivity index (χ1n) is 11.4. The van der Waals surface area contributed by atoms with E-state index in [1.54, 1.807) is 60.7 Å². The molecule has 3 aromatic rings. The molecule has 1 saturated heterocycles. The zero-order valence-corrected chi connectivity index (χ0v) is 20.8. The summed E-state index contributed by atoms with van der Waals surface area (Å²) in [6.07, 6.45) is 0. The number of halogens is 2. The highest BCUT2D eigenvalue weighted by atomic mass is 35.5. The molecule has 0 aliphatic carbocycles. The number of nitrogens with zero attached hydrogens (tertiary/aromatic N) is 1. The van der Waals surface area contributed by atoms with E-state index in [1.807, 2.05) is 0 Å². The van der Waals surface area contributed by atoms with Crippen molar-refractivity contribution in [3.05, 3.63) is 88.7 Å². The average Bonchev–Trinajstić information content (AvgIpc) is 2.84. The van der Waals surface area contributed by atoms with Gasteiger partial charge in [0.25, 0.3) is 0 Å². The van der Waals surface area contributed by atoms with Gasteiger partial charge in [0.05, 0.1) is 19.0 Å². The summed E-state index contributed by atoms with van der Waals surface area (Å²) < 4.78 is 53.3. The zero-order chi connectivity index (χ0) is 24.7. The second-order valence-corrected chi connectivity index (χ2v) is 10.6. The molecule has 0 radical (unpaired) electrons. The lowest BCUT2D eigenvalue weighted by Crippen LogP contribution is -2.38. The van der Waals surface area contributed by atoms with E-state index in [0.717, 1.165) is 38.4 Å². The summed E-state index contributed by atoms with van der Waals surface area (Å²) in [4.78, 5) is 2.25. The van der Waals surface area contributed by atoms with Crippen molar-refractivity contribution in [3.8, 4) is 16.9 Å². The summed E-state index contributed by atoms with van der Waals surface area (Å²) in [7, 11) is -3.55. The highest BCUT2D eigenvalue weighted by Gasteiger charge is 2.14. The van der Waals surface area contributed by atoms with Gasteiger partial charge in [0.1, 0.15) is 18.2 Å². The Labute approximate surface area is 210 Å². The number of nitrogens with one attached hydrogen (secondary N) is 1. The highest BCUT2D eigenvalue weighted by Crippen LogP contribution is 2.27. The molecule has 1 aliphatic rings. The lowest BCUT2D eigenvalue weighted by molar-refractivity contribution is 0.0322. The number of morpholine rings is 1. The fourth-order valence-electron chi connectivity index (χ4n) is 3.83. The second-order valence-electron chi connectivity index (χ2n) is 8.35. The van der Waals surface area contributed by atoms with Crippen molar-refractivity contribution in [1.82, 2.24) is 9.62 Å². The Hall–Kier alpha value is -2.49. The van der Waals surface area contributed by atoms with Crippen LogP contribution in [0.25, 0.3) is 11.1 Å². The third kappa shape index (κ3) is 7.75. The summed E-state index contributed by atoms with van der Waals surface area (Å²) in [6.45, 7) is 4.63. The SMILES string of the molecule is O=S(=O)(Cc1ccc(-c2ccc(OCCN3CCOCC3)cc2F)cc1)NCc1cccc(Cl)c1. The van der Waals surface area contributed by atoms with Gasteiger partial charge >= 0.3 is 0 Å². The Morgan fingerprint density at radius 1 is 1.00 bits per heavy atom. The van der Waals surface area contributed by atoms with Crippen LogP contribution in [0.2, 0.25) is 5.02 Å². The van der Waals surface area contributed by atoms with E-state index in [-0.39, 0.29) is 12.3 Å². The predicted octanol–water partition coefficient (Wildman–Crippen LogP) is 4.48. The lowest BCUT2D eigenvalue weighted by atomic mass is 10.0. The molecule has 3 aromatic carbocycles. The maximum absolute atomic E-state index is 14.8. The van der Waals surface area contributed by atoms with Crippen molar-refractivity contribution in [2.24, 2.45) is 0 Å². The topological polar surface area (TPSA) is 67.9 Å². The molecule has 35 heavy (non-hydrogen) atoms. The van der Waals surface area contributed by atoms with Gasteiger partial charge in [-0.1, -0.05) is 48.0 Å². The summed E-state index contributed by atoms with van der Waals surface area (Å²) in [5, 5.41) is 0.553. The first kappa shape index (κ1) is 25.6. The molecule has 1 fully saturated rings. The Kier molecular flexibility index (Phi) is 8.75. The van der Waals surface area contributed by atoms with Gasteiger partial charge in [-0.25, -0.2) is 17.5 Å². The van der Waals surface area contributed by atoms with Gasteiger partial charge in [-0.3, -0.25) is 4.90 Å². The monoisotopic (exact) mass is 518 g/mol. The van der Waals surface area contributed by atoms with E-state index in [2.05, 4.69) is 9.62 Å². The van der Waals surface area contributed by atoms with Crippen LogP contribution in [0.1, 0.15) is 11.1 Å². The number of hydrogen-bond donors (Lipinski definition) is 1. The van der Waals surface area contributed by atoms with Crippen molar-refractivity contribution < 1.29 is 22.3 Å². The molecule has 0 unspecified atom stereocenters. The van der Waals surface area contributed by atoms with Gasteiger partial charge in [0, 0.05) is 42.8 Å². The van der Waals surface area contributed by atoms with Gasteiger partial charge in [-0.2, -0.15) is 0 Å². The number of ether oxygens (including phenoxy) is 2. The molecule has 0 aromatic heterocycles. The molecule has 186 valence electrons. The van der Waals surface area contributed by atoms with E-state index < -0.39 is 15.8 Å². The smallest absolute Gasteiger partial charge is 0.216 e.